The zero-order chi connectivity index (χ0) is 14.5. The van der Waals surface area contributed by atoms with E-state index >= 15 is 0 Å². The highest BCUT2D eigenvalue weighted by molar-refractivity contribution is 5.89. The molecule has 1 aromatic rings. The molecule has 0 amide bonds. The van der Waals surface area contributed by atoms with E-state index in [0.29, 0.717) is 5.69 Å². The molecule has 0 radical (unpaired) electrons. The van der Waals surface area contributed by atoms with Crippen molar-refractivity contribution >= 4 is 17.5 Å². The van der Waals surface area contributed by atoms with Crippen molar-refractivity contribution < 1.29 is 9.90 Å². The lowest BCUT2D eigenvalue weighted by molar-refractivity contribution is 0.0696. The third-order valence-electron chi connectivity index (χ3n) is 3.99. The molecule has 0 spiro atoms. The molecule has 5 heteroatoms. The number of carboxylic acids is 1. The van der Waals surface area contributed by atoms with Gasteiger partial charge in [0.15, 0.2) is 5.82 Å². The van der Waals surface area contributed by atoms with Gasteiger partial charge in [0.05, 0.1) is 11.3 Å². The lowest BCUT2D eigenvalue weighted by atomic mass is 9.96. The molecule has 1 aliphatic rings. The molecule has 0 aliphatic carbocycles. The Hall–Kier alpha value is -1.78. The van der Waals surface area contributed by atoms with Crippen LogP contribution in [-0.4, -0.2) is 29.1 Å². The number of pyridine rings is 1. The number of hydrogen-bond donors (Lipinski definition) is 2. The molecule has 1 aromatic heterocycles. The Morgan fingerprint density at radius 2 is 2.30 bits per heavy atom. The summed E-state index contributed by atoms with van der Waals surface area (Å²) in [6.07, 6.45) is 7.48. The second-order valence-corrected chi connectivity index (χ2v) is 5.51. The van der Waals surface area contributed by atoms with Crippen molar-refractivity contribution in [2.45, 2.75) is 39.0 Å². The average molecular weight is 277 g/mol. The fourth-order valence-electron chi connectivity index (χ4n) is 2.93. The van der Waals surface area contributed by atoms with Gasteiger partial charge in [0.25, 0.3) is 0 Å². The Morgan fingerprint density at radius 3 is 2.95 bits per heavy atom. The van der Waals surface area contributed by atoms with E-state index < -0.39 is 5.97 Å². The van der Waals surface area contributed by atoms with Gasteiger partial charge in [0.2, 0.25) is 0 Å². The number of nitrogen functional groups attached to an aromatic ring is 1. The van der Waals surface area contributed by atoms with E-state index in [-0.39, 0.29) is 5.56 Å². The van der Waals surface area contributed by atoms with Crippen LogP contribution in [0, 0.1) is 5.92 Å². The Balaban J connectivity index is 2.09. The number of anilines is 2. The van der Waals surface area contributed by atoms with Gasteiger partial charge in [-0.2, -0.15) is 0 Å². The second kappa shape index (κ2) is 6.59. The molecule has 0 aromatic carbocycles. The highest BCUT2D eigenvalue weighted by Gasteiger charge is 2.19. The molecule has 2 rings (SSSR count). The minimum Gasteiger partial charge on any atom is -0.478 e. The molecule has 0 saturated carbocycles. The lowest BCUT2D eigenvalue weighted by Crippen LogP contribution is -2.26. The Kier molecular flexibility index (Phi) is 4.82. The quantitative estimate of drug-likeness (QED) is 0.884. The van der Waals surface area contributed by atoms with Crippen LogP contribution >= 0.6 is 0 Å². The molecule has 2 heterocycles. The number of carboxylic acid groups (broad SMARTS) is 1. The summed E-state index contributed by atoms with van der Waals surface area (Å²) in [6, 6.07) is 1.50. The zero-order valence-corrected chi connectivity index (χ0v) is 12.0. The van der Waals surface area contributed by atoms with Crippen LogP contribution in [0.4, 0.5) is 11.5 Å². The molecule has 1 atom stereocenters. The van der Waals surface area contributed by atoms with Gasteiger partial charge in [-0.1, -0.05) is 19.8 Å². The third-order valence-corrected chi connectivity index (χ3v) is 3.99. The molecule has 1 fully saturated rings. The third kappa shape index (κ3) is 3.40. The summed E-state index contributed by atoms with van der Waals surface area (Å²) in [6.45, 7) is 4.13. The number of nitrogens with zero attached hydrogens (tertiary/aromatic N) is 2. The predicted octanol–water partition coefficient (Wildman–Crippen LogP) is 2.77. The first kappa shape index (κ1) is 14.6. The molecular formula is C15H23N3O2. The van der Waals surface area contributed by atoms with Gasteiger partial charge in [-0.3, -0.25) is 0 Å². The van der Waals surface area contributed by atoms with Crippen molar-refractivity contribution in [2.24, 2.45) is 5.92 Å². The van der Waals surface area contributed by atoms with E-state index in [9.17, 15) is 4.79 Å². The van der Waals surface area contributed by atoms with Crippen LogP contribution in [0.5, 0.6) is 0 Å². The smallest absolute Gasteiger partial charge is 0.337 e. The number of aromatic nitrogens is 1. The van der Waals surface area contributed by atoms with Crippen molar-refractivity contribution in [3.05, 3.63) is 17.8 Å². The highest BCUT2D eigenvalue weighted by Crippen LogP contribution is 2.27. The lowest BCUT2D eigenvalue weighted by Gasteiger charge is -2.23. The van der Waals surface area contributed by atoms with E-state index in [2.05, 4.69) is 16.8 Å². The number of rotatable bonds is 4. The molecule has 1 unspecified atom stereocenters. The Labute approximate surface area is 119 Å². The first-order chi connectivity index (χ1) is 9.61. The van der Waals surface area contributed by atoms with Gasteiger partial charge in [0.1, 0.15) is 0 Å². The summed E-state index contributed by atoms with van der Waals surface area (Å²) in [7, 11) is 0. The first-order valence-electron chi connectivity index (χ1n) is 7.35. The molecule has 0 bridgehead atoms. The number of aromatic carboxylic acids is 1. The van der Waals surface area contributed by atoms with E-state index in [1.54, 1.807) is 0 Å². The molecule has 3 N–H and O–H groups in total. The van der Waals surface area contributed by atoms with Crippen LogP contribution in [-0.2, 0) is 0 Å². The average Bonchev–Trinajstić information content (AvgIpc) is 2.65. The summed E-state index contributed by atoms with van der Waals surface area (Å²) in [5, 5.41) is 8.94. The summed E-state index contributed by atoms with van der Waals surface area (Å²) in [4.78, 5) is 17.3. The van der Waals surface area contributed by atoms with E-state index in [0.717, 1.165) is 37.7 Å². The van der Waals surface area contributed by atoms with Gasteiger partial charge in [-0.15, -0.1) is 0 Å². The molecule has 20 heavy (non-hydrogen) atoms. The summed E-state index contributed by atoms with van der Waals surface area (Å²) < 4.78 is 0. The van der Waals surface area contributed by atoms with E-state index in [4.69, 9.17) is 10.8 Å². The monoisotopic (exact) mass is 277 g/mol. The van der Waals surface area contributed by atoms with Crippen molar-refractivity contribution in [3.63, 3.8) is 0 Å². The number of carbonyl (C=O) groups is 1. The van der Waals surface area contributed by atoms with Crippen molar-refractivity contribution in [1.29, 1.82) is 0 Å². The maximum Gasteiger partial charge on any atom is 0.337 e. The van der Waals surface area contributed by atoms with Crippen LogP contribution in [0.1, 0.15) is 49.4 Å². The van der Waals surface area contributed by atoms with Gasteiger partial charge < -0.3 is 15.7 Å². The minimum atomic E-state index is -0.991. The SMILES string of the molecule is CCCC1CCCN(c2ncc(C(=O)O)cc2N)CC1. The van der Waals surface area contributed by atoms with Crippen LogP contribution < -0.4 is 10.6 Å². The Morgan fingerprint density at radius 1 is 1.50 bits per heavy atom. The fourth-order valence-corrected chi connectivity index (χ4v) is 2.93. The molecule has 5 nitrogen and oxygen atoms in total. The summed E-state index contributed by atoms with van der Waals surface area (Å²) in [5.41, 5.74) is 6.57. The summed E-state index contributed by atoms with van der Waals surface area (Å²) in [5.74, 6) is 0.534. The largest absolute Gasteiger partial charge is 0.478 e. The van der Waals surface area contributed by atoms with Gasteiger partial charge >= 0.3 is 5.97 Å². The van der Waals surface area contributed by atoms with Crippen molar-refractivity contribution in [2.75, 3.05) is 23.7 Å². The highest BCUT2D eigenvalue weighted by atomic mass is 16.4. The van der Waals surface area contributed by atoms with E-state index in [1.165, 1.54) is 31.5 Å². The molecule has 110 valence electrons. The van der Waals surface area contributed by atoms with Gasteiger partial charge in [-0.05, 0) is 31.2 Å². The fraction of sp³-hybridized carbons (Fsp3) is 0.600. The van der Waals surface area contributed by atoms with E-state index in [1.807, 2.05) is 0 Å². The predicted molar refractivity (Wildman–Crippen MR) is 80.1 cm³/mol. The van der Waals surface area contributed by atoms with Gasteiger partial charge in [0, 0.05) is 19.3 Å². The zero-order valence-electron chi connectivity index (χ0n) is 12.0. The molecule has 1 saturated heterocycles. The maximum absolute atomic E-state index is 10.9. The molecule has 1 aliphatic heterocycles. The van der Waals surface area contributed by atoms with Crippen molar-refractivity contribution in [3.8, 4) is 0 Å². The van der Waals surface area contributed by atoms with Crippen LogP contribution in [0.15, 0.2) is 12.3 Å². The number of hydrogen-bond acceptors (Lipinski definition) is 4. The minimum absolute atomic E-state index is 0.143. The summed E-state index contributed by atoms with van der Waals surface area (Å²) >= 11 is 0. The van der Waals surface area contributed by atoms with Crippen molar-refractivity contribution in [1.82, 2.24) is 4.98 Å². The first-order valence-corrected chi connectivity index (χ1v) is 7.35. The van der Waals surface area contributed by atoms with Crippen LogP contribution in [0.3, 0.4) is 0 Å². The Bertz CT molecular complexity index is 476. The normalized spacial score (nSPS) is 19.6. The maximum atomic E-state index is 10.9. The molecular weight excluding hydrogens is 254 g/mol. The van der Waals surface area contributed by atoms with Crippen LogP contribution in [0.2, 0.25) is 0 Å². The van der Waals surface area contributed by atoms with Gasteiger partial charge in [-0.25, -0.2) is 9.78 Å². The standard InChI is InChI=1S/C15H23N3O2/c1-2-4-11-5-3-7-18(8-6-11)14-13(16)9-12(10-17-14)15(19)20/h9-11H,2-8,16H2,1H3,(H,19,20). The second-order valence-electron chi connectivity index (χ2n) is 5.51. The number of nitrogens with two attached hydrogens (primary N) is 1. The topological polar surface area (TPSA) is 79.5 Å². The van der Waals surface area contributed by atoms with Crippen LogP contribution in [0.25, 0.3) is 0 Å².